The Kier molecular flexibility index (Phi) is 4.56. The Morgan fingerprint density at radius 2 is 2.11 bits per heavy atom. The van der Waals surface area contributed by atoms with Crippen LogP contribution in [0.4, 0.5) is 4.79 Å². The molecule has 2 N–H and O–H groups in total. The molecule has 1 heterocycles. The second-order valence-electron chi connectivity index (χ2n) is 5.21. The van der Waals surface area contributed by atoms with Crippen LogP contribution < -0.4 is 5.32 Å². The number of nitrogens with zero attached hydrogens (tertiary/aromatic N) is 1. The van der Waals surface area contributed by atoms with Crippen molar-refractivity contribution in [3.63, 3.8) is 0 Å². The number of hydrogen-bond acceptors (Lipinski definition) is 3. The molecule has 104 valence electrons. The number of rotatable bonds is 4. The molecule has 0 bridgehead atoms. The first-order chi connectivity index (χ1) is 8.26. The third kappa shape index (κ3) is 3.13. The normalized spacial score (nSPS) is 21.4. The van der Waals surface area contributed by atoms with Gasteiger partial charge in [-0.2, -0.15) is 0 Å². The molecule has 1 rings (SSSR count). The standard InChI is InChI=1S/C12H22N2O4/c1-8(9-6-5-7-18-9)13-11(17)14(4)12(2,3)10(15)16/h8-9H,5-7H2,1-4H3,(H,13,17)(H,15,16). The zero-order valence-corrected chi connectivity index (χ0v) is 11.4. The molecule has 6 heteroatoms. The number of carboxylic acid groups (broad SMARTS) is 1. The molecule has 0 radical (unpaired) electrons. The predicted molar refractivity (Wildman–Crippen MR) is 66.4 cm³/mol. The smallest absolute Gasteiger partial charge is 0.329 e. The van der Waals surface area contributed by atoms with E-state index in [1.165, 1.54) is 25.8 Å². The third-order valence-corrected chi connectivity index (χ3v) is 3.54. The van der Waals surface area contributed by atoms with Gasteiger partial charge in [0.25, 0.3) is 0 Å². The summed E-state index contributed by atoms with van der Waals surface area (Å²) in [6, 6.07) is -0.516. The van der Waals surface area contributed by atoms with Gasteiger partial charge in [-0.25, -0.2) is 9.59 Å². The second-order valence-corrected chi connectivity index (χ2v) is 5.21. The number of carbonyl (C=O) groups excluding carboxylic acids is 1. The lowest BCUT2D eigenvalue weighted by Gasteiger charge is -2.33. The summed E-state index contributed by atoms with van der Waals surface area (Å²) in [6.45, 7) is 5.58. The van der Waals surface area contributed by atoms with Crippen LogP contribution in [-0.2, 0) is 9.53 Å². The van der Waals surface area contributed by atoms with Crippen molar-refractivity contribution in [2.75, 3.05) is 13.7 Å². The van der Waals surface area contributed by atoms with Crippen LogP contribution >= 0.6 is 0 Å². The summed E-state index contributed by atoms with van der Waals surface area (Å²) in [5.41, 5.74) is -1.24. The number of aliphatic carboxylic acids is 1. The summed E-state index contributed by atoms with van der Waals surface area (Å²) in [4.78, 5) is 24.2. The summed E-state index contributed by atoms with van der Waals surface area (Å²) in [6.07, 6.45) is 1.95. The second kappa shape index (κ2) is 5.56. The average Bonchev–Trinajstić information content (AvgIpc) is 2.80. The summed E-state index contributed by atoms with van der Waals surface area (Å²) in [5, 5.41) is 11.8. The van der Waals surface area contributed by atoms with Gasteiger partial charge in [-0.15, -0.1) is 0 Å². The lowest BCUT2D eigenvalue weighted by Crippen LogP contribution is -2.56. The first-order valence-electron chi connectivity index (χ1n) is 6.16. The molecule has 6 nitrogen and oxygen atoms in total. The molecule has 1 aliphatic rings. The van der Waals surface area contributed by atoms with Crippen LogP contribution in [0.5, 0.6) is 0 Å². The Hall–Kier alpha value is -1.30. The molecule has 18 heavy (non-hydrogen) atoms. The highest BCUT2D eigenvalue weighted by Gasteiger charge is 2.36. The molecule has 0 aromatic rings. The number of carboxylic acids is 1. The highest BCUT2D eigenvalue weighted by Crippen LogP contribution is 2.17. The van der Waals surface area contributed by atoms with E-state index in [2.05, 4.69) is 5.32 Å². The molecule has 2 amide bonds. The number of ether oxygens (including phenoxy) is 1. The van der Waals surface area contributed by atoms with E-state index in [-0.39, 0.29) is 12.1 Å². The van der Waals surface area contributed by atoms with Gasteiger partial charge in [-0.05, 0) is 33.6 Å². The van der Waals surface area contributed by atoms with E-state index in [4.69, 9.17) is 9.84 Å². The molecule has 2 unspecified atom stereocenters. The van der Waals surface area contributed by atoms with E-state index < -0.39 is 17.5 Å². The van der Waals surface area contributed by atoms with Gasteiger partial charge >= 0.3 is 12.0 Å². The number of likely N-dealkylation sites (N-methyl/N-ethyl adjacent to an activating group) is 1. The van der Waals surface area contributed by atoms with E-state index in [0.29, 0.717) is 0 Å². The average molecular weight is 258 g/mol. The van der Waals surface area contributed by atoms with Crippen LogP contribution in [-0.4, -0.2) is 53.3 Å². The van der Waals surface area contributed by atoms with Gasteiger partial charge in [0.05, 0.1) is 12.1 Å². The fourth-order valence-electron chi connectivity index (χ4n) is 1.78. The molecule has 0 aromatic carbocycles. The van der Waals surface area contributed by atoms with E-state index in [0.717, 1.165) is 19.4 Å². The van der Waals surface area contributed by atoms with E-state index in [1.54, 1.807) is 0 Å². The minimum Gasteiger partial charge on any atom is -0.480 e. The van der Waals surface area contributed by atoms with Crippen molar-refractivity contribution in [1.29, 1.82) is 0 Å². The Labute approximate surface area is 107 Å². The van der Waals surface area contributed by atoms with E-state index >= 15 is 0 Å². The third-order valence-electron chi connectivity index (χ3n) is 3.54. The highest BCUT2D eigenvalue weighted by molar-refractivity contribution is 5.85. The summed E-state index contributed by atoms with van der Waals surface area (Å²) < 4.78 is 5.48. The Balaban J connectivity index is 2.56. The molecule has 0 aromatic heterocycles. The van der Waals surface area contributed by atoms with E-state index in [9.17, 15) is 9.59 Å². The Bertz CT molecular complexity index is 324. The maximum atomic E-state index is 12.0. The zero-order chi connectivity index (χ0) is 13.9. The van der Waals surface area contributed by atoms with Crippen LogP contribution in [0.25, 0.3) is 0 Å². The van der Waals surface area contributed by atoms with Crippen molar-refractivity contribution in [3.8, 4) is 0 Å². The van der Waals surface area contributed by atoms with Crippen LogP contribution in [0.15, 0.2) is 0 Å². The molecule has 1 saturated heterocycles. The molecular formula is C12H22N2O4. The maximum Gasteiger partial charge on any atom is 0.329 e. The Morgan fingerprint density at radius 1 is 1.50 bits per heavy atom. The zero-order valence-electron chi connectivity index (χ0n) is 11.4. The highest BCUT2D eigenvalue weighted by atomic mass is 16.5. The van der Waals surface area contributed by atoms with Gasteiger partial charge in [-0.1, -0.05) is 0 Å². The van der Waals surface area contributed by atoms with Gasteiger partial charge in [0, 0.05) is 13.7 Å². The van der Waals surface area contributed by atoms with Crippen molar-refractivity contribution in [1.82, 2.24) is 10.2 Å². The fourth-order valence-corrected chi connectivity index (χ4v) is 1.78. The lowest BCUT2D eigenvalue weighted by atomic mass is 10.0. The number of amides is 2. The van der Waals surface area contributed by atoms with E-state index in [1.807, 2.05) is 6.92 Å². The summed E-state index contributed by atoms with van der Waals surface area (Å²) in [5.74, 6) is -1.04. The first-order valence-corrected chi connectivity index (χ1v) is 6.16. The number of nitrogens with one attached hydrogen (secondary N) is 1. The quantitative estimate of drug-likeness (QED) is 0.790. The maximum absolute atomic E-state index is 12.0. The SMILES string of the molecule is CC(NC(=O)N(C)C(C)(C)C(=O)O)C1CCCO1. The summed E-state index contributed by atoms with van der Waals surface area (Å²) in [7, 11) is 1.48. The van der Waals surface area contributed by atoms with Gasteiger partial charge in [0.2, 0.25) is 0 Å². The number of hydrogen-bond donors (Lipinski definition) is 2. The fraction of sp³-hybridized carbons (Fsp3) is 0.833. The molecule has 0 saturated carbocycles. The minimum absolute atomic E-state index is 0.0234. The predicted octanol–water partition coefficient (Wildman–Crippen LogP) is 1.06. The van der Waals surface area contributed by atoms with Gasteiger partial charge < -0.3 is 20.1 Å². The van der Waals surface area contributed by atoms with Crippen molar-refractivity contribution in [3.05, 3.63) is 0 Å². The molecule has 0 spiro atoms. The van der Waals surface area contributed by atoms with Crippen LogP contribution in [0.3, 0.4) is 0 Å². The molecule has 1 aliphatic heterocycles. The van der Waals surface area contributed by atoms with Crippen molar-refractivity contribution in [2.24, 2.45) is 0 Å². The van der Waals surface area contributed by atoms with Crippen LogP contribution in [0.2, 0.25) is 0 Å². The van der Waals surface area contributed by atoms with Crippen molar-refractivity contribution < 1.29 is 19.4 Å². The molecule has 1 fully saturated rings. The first kappa shape index (κ1) is 14.8. The lowest BCUT2D eigenvalue weighted by molar-refractivity contribution is -0.146. The minimum atomic E-state index is -1.24. The molecule has 2 atom stereocenters. The topological polar surface area (TPSA) is 78.9 Å². The van der Waals surface area contributed by atoms with Crippen LogP contribution in [0, 0.1) is 0 Å². The number of carbonyl (C=O) groups is 2. The van der Waals surface area contributed by atoms with Gasteiger partial charge in [-0.3, -0.25) is 0 Å². The number of urea groups is 1. The Morgan fingerprint density at radius 3 is 2.56 bits per heavy atom. The van der Waals surface area contributed by atoms with Crippen LogP contribution in [0.1, 0.15) is 33.6 Å². The van der Waals surface area contributed by atoms with Gasteiger partial charge in [0.1, 0.15) is 5.54 Å². The monoisotopic (exact) mass is 258 g/mol. The molecule has 0 aliphatic carbocycles. The summed E-state index contributed by atoms with van der Waals surface area (Å²) >= 11 is 0. The van der Waals surface area contributed by atoms with Gasteiger partial charge in [0.15, 0.2) is 0 Å². The van der Waals surface area contributed by atoms with Crippen molar-refractivity contribution >= 4 is 12.0 Å². The largest absolute Gasteiger partial charge is 0.480 e. The molecular weight excluding hydrogens is 236 g/mol. The van der Waals surface area contributed by atoms with Crippen molar-refractivity contribution in [2.45, 2.75) is 51.3 Å².